The number of piperidine rings is 1. The van der Waals surface area contributed by atoms with E-state index in [2.05, 4.69) is 62.1 Å². The van der Waals surface area contributed by atoms with E-state index in [9.17, 15) is 0 Å². The van der Waals surface area contributed by atoms with Crippen LogP contribution in [0.25, 0.3) is 11.0 Å². The van der Waals surface area contributed by atoms with Crippen molar-refractivity contribution in [3.05, 3.63) is 35.4 Å². The highest BCUT2D eigenvalue weighted by Gasteiger charge is 2.25. The van der Waals surface area contributed by atoms with Crippen LogP contribution in [0.1, 0.15) is 36.0 Å². The zero-order valence-electron chi connectivity index (χ0n) is 15.6. The average molecular weight is 355 g/mol. The first-order chi connectivity index (χ1) is 12.6. The second-order valence-electron chi connectivity index (χ2n) is 7.37. The second kappa shape index (κ2) is 7.13. The van der Waals surface area contributed by atoms with E-state index in [1.54, 1.807) is 0 Å². The second-order valence-corrected chi connectivity index (χ2v) is 7.37. The van der Waals surface area contributed by atoms with Crippen LogP contribution in [-0.4, -0.2) is 62.1 Å². The molecule has 3 aromatic rings. The van der Waals surface area contributed by atoms with Crippen molar-refractivity contribution in [2.45, 2.75) is 31.8 Å². The number of rotatable bonds is 5. The third kappa shape index (κ3) is 3.34. The van der Waals surface area contributed by atoms with Gasteiger partial charge in [-0.15, -0.1) is 10.2 Å². The number of hydrogen-bond donors (Lipinski definition) is 0. The highest BCUT2D eigenvalue weighted by Crippen LogP contribution is 2.28. The minimum absolute atomic E-state index is 0.476. The van der Waals surface area contributed by atoms with Crippen LogP contribution >= 0.6 is 0 Å². The third-order valence-electron chi connectivity index (χ3n) is 5.17. The molecule has 0 bridgehead atoms. The zero-order valence-corrected chi connectivity index (χ0v) is 15.6. The summed E-state index contributed by atoms with van der Waals surface area (Å²) < 4.78 is 7.04. The van der Waals surface area contributed by atoms with Crippen molar-refractivity contribution in [3.63, 3.8) is 0 Å². The summed E-state index contributed by atoms with van der Waals surface area (Å²) in [5.41, 5.74) is 2.87. The third-order valence-corrected chi connectivity index (χ3v) is 5.17. The molecule has 0 unspecified atom stereocenters. The smallest absolute Gasteiger partial charge is 0.146 e. The number of benzene rings is 1. The van der Waals surface area contributed by atoms with E-state index in [0.717, 1.165) is 61.7 Å². The summed E-state index contributed by atoms with van der Waals surface area (Å²) in [5.74, 6) is 2.62. The van der Waals surface area contributed by atoms with Crippen LogP contribution in [0.3, 0.4) is 0 Å². The highest BCUT2D eigenvalue weighted by atomic mass is 16.6. The lowest BCUT2D eigenvalue weighted by atomic mass is 9.95. The summed E-state index contributed by atoms with van der Waals surface area (Å²) in [4.78, 5) is 4.59. The first-order valence-electron chi connectivity index (χ1n) is 9.07. The molecule has 8 nitrogen and oxygen atoms in total. The van der Waals surface area contributed by atoms with Gasteiger partial charge in [-0.25, -0.2) is 4.63 Å². The largest absolute Gasteiger partial charge is 0.317 e. The Morgan fingerprint density at radius 3 is 2.73 bits per heavy atom. The Morgan fingerprint density at radius 1 is 1.15 bits per heavy atom. The van der Waals surface area contributed by atoms with E-state index >= 15 is 0 Å². The van der Waals surface area contributed by atoms with Gasteiger partial charge in [-0.1, -0.05) is 12.1 Å². The molecular formula is C18H25N7O. The minimum atomic E-state index is 0.476. The number of fused-ring (bicyclic) bond motifs is 1. The first kappa shape index (κ1) is 17.1. The van der Waals surface area contributed by atoms with Crippen LogP contribution in [0.4, 0.5) is 0 Å². The predicted octanol–water partition coefficient (Wildman–Crippen LogP) is 1.79. The zero-order chi connectivity index (χ0) is 18.1. The van der Waals surface area contributed by atoms with Crippen molar-refractivity contribution in [3.8, 4) is 0 Å². The van der Waals surface area contributed by atoms with Crippen LogP contribution in [0.15, 0.2) is 22.8 Å². The van der Waals surface area contributed by atoms with Crippen LogP contribution in [0, 0.1) is 0 Å². The van der Waals surface area contributed by atoms with Crippen molar-refractivity contribution in [2.75, 3.05) is 27.2 Å². The molecule has 0 radical (unpaired) electrons. The van der Waals surface area contributed by atoms with E-state index in [0.29, 0.717) is 5.92 Å². The number of hydrogen-bond acceptors (Lipinski definition) is 7. The van der Waals surface area contributed by atoms with Gasteiger partial charge in [0.25, 0.3) is 0 Å². The maximum Gasteiger partial charge on any atom is 0.146 e. The molecule has 1 saturated heterocycles. The molecular weight excluding hydrogens is 330 g/mol. The standard InChI is InChI=1S/C18H25N7O/c1-23(2)12-16-19-20-18(24(16)3)13-7-9-25(10-8-13)11-14-5-4-6-15-17(14)22-26-21-15/h4-6,13H,7-12H2,1-3H3. The van der Waals surface area contributed by atoms with Gasteiger partial charge in [0.2, 0.25) is 0 Å². The minimum Gasteiger partial charge on any atom is -0.317 e. The SMILES string of the molecule is CN(C)Cc1nnc(C2CCN(Cc3cccc4nonc34)CC2)n1C. The van der Waals surface area contributed by atoms with Gasteiger partial charge in [0.15, 0.2) is 0 Å². The predicted molar refractivity (Wildman–Crippen MR) is 97.5 cm³/mol. The first-order valence-corrected chi connectivity index (χ1v) is 9.07. The summed E-state index contributed by atoms with van der Waals surface area (Å²) in [7, 11) is 6.19. The Bertz CT molecular complexity index is 877. The fraction of sp³-hybridized carbons (Fsp3) is 0.556. The van der Waals surface area contributed by atoms with Crippen LogP contribution < -0.4 is 0 Å². The number of likely N-dealkylation sites (tertiary alicyclic amines) is 1. The summed E-state index contributed by atoms with van der Waals surface area (Å²) in [5, 5.41) is 16.8. The lowest BCUT2D eigenvalue weighted by molar-refractivity contribution is 0.200. The molecule has 1 aliphatic rings. The van der Waals surface area contributed by atoms with Gasteiger partial charge in [0.05, 0.1) is 6.54 Å². The highest BCUT2D eigenvalue weighted by molar-refractivity contribution is 5.76. The molecule has 1 aliphatic heterocycles. The van der Waals surface area contributed by atoms with Gasteiger partial charge in [0, 0.05) is 19.5 Å². The van der Waals surface area contributed by atoms with Crippen molar-refractivity contribution < 1.29 is 4.63 Å². The topological polar surface area (TPSA) is 76.1 Å². The maximum atomic E-state index is 4.87. The molecule has 8 heteroatoms. The van der Waals surface area contributed by atoms with Gasteiger partial charge < -0.3 is 9.47 Å². The Kier molecular flexibility index (Phi) is 4.69. The molecule has 0 N–H and O–H groups in total. The molecule has 26 heavy (non-hydrogen) atoms. The van der Waals surface area contributed by atoms with Crippen molar-refractivity contribution >= 4 is 11.0 Å². The van der Waals surface area contributed by atoms with Gasteiger partial charge in [-0.05, 0) is 62.0 Å². The Balaban J connectivity index is 1.40. The Morgan fingerprint density at radius 2 is 1.96 bits per heavy atom. The van der Waals surface area contributed by atoms with E-state index in [-0.39, 0.29) is 0 Å². The van der Waals surface area contributed by atoms with Gasteiger partial charge in [0.1, 0.15) is 22.7 Å². The van der Waals surface area contributed by atoms with Gasteiger partial charge in [-0.3, -0.25) is 4.90 Å². The molecule has 1 fully saturated rings. The van der Waals surface area contributed by atoms with E-state index in [4.69, 9.17) is 4.63 Å². The van der Waals surface area contributed by atoms with E-state index < -0.39 is 0 Å². The summed E-state index contributed by atoms with van der Waals surface area (Å²) >= 11 is 0. The van der Waals surface area contributed by atoms with Crippen LogP contribution in [0.5, 0.6) is 0 Å². The summed E-state index contributed by atoms with van der Waals surface area (Å²) in [6.45, 7) is 3.78. The quantitative estimate of drug-likeness (QED) is 0.690. The monoisotopic (exact) mass is 355 g/mol. The lowest BCUT2D eigenvalue weighted by Gasteiger charge is -2.31. The molecule has 138 valence electrons. The number of aromatic nitrogens is 5. The van der Waals surface area contributed by atoms with Crippen LogP contribution in [0.2, 0.25) is 0 Å². The molecule has 1 aromatic carbocycles. The summed E-state index contributed by atoms with van der Waals surface area (Å²) in [6, 6.07) is 6.05. The molecule has 3 heterocycles. The molecule has 4 rings (SSSR count). The van der Waals surface area contributed by atoms with Crippen molar-refractivity contribution in [2.24, 2.45) is 7.05 Å². The Labute approximate surface area is 152 Å². The molecule has 0 aliphatic carbocycles. The fourth-order valence-corrected chi connectivity index (χ4v) is 3.73. The molecule has 0 spiro atoms. The lowest BCUT2D eigenvalue weighted by Crippen LogP contribution is -2.33. The van der Waals surface area contributed by atoms with E-state index in [1.165, 1.54) is 5.56 Å². The summed E-state index contributed by atoms with van der Waals surface area (Å²) in [6.07, 6.45) is 2.20. The van der Waals surface area contributed by atoms with Gasteiger partial charge in [-0.2, -0.15) is 0 Å². The fourth-order valence-electron chi connectivity index (χ4n) is 3.73. The molecule has 0 atom stereocenters. The van der Waals surface area contributed by atoms with Crippen LogP contribution in [-0.2, 0) is 20.1 Å². The molecule has 0 amide bonds. The van der Waals surface area contributed by atoms with Crippen molar-refractivity contribution in [1.29, 1.82) is 0 Å². The molecule has 2 aromatic heterocycles. The molecule has 0 saturated carbocycles. The van der Waals surface area contributed by atoms with E-state index in [1.807, 2.05) is 12.1 Å². The van der Waals surface area contributed by atoms with Gasteiger partial charge >= 0.3 is 0 Å². The number of nitrogens with zero attached hydrogens (tertiary/aromatic N) is 7. The average Bonchev–Trinajstić information content (AvgIpc) is 3.24. The van der Waals surface area contributed by atoms with Crippen molar-refractivity contribution in [1.82, 2.24) is 34.9 Å². The Hall–Kier alpha value is -2.32. The maximum absolute atomic E-state index is 4.87. The normalized spacial score (nSPS) is 16.8.